The van der Waals surface area contributed by atoms with Crippen molar-refractivity contribution in [3.63, 3.8) is 0 Å². The van der Waals surface area contributed by atoms with Crippen LogP contribution in [0.1, 0.15) is 17.3 Å². The van der Waals surface area contributed by atoms with Crippen molar-refractivity contribution in [3.8, 4) is 0 Å². The Morgan fingerprint density at radius 3 is 2.26 bits per heavy atom. The van der Waals surface area contributed by atoms with Gasteiger partial charge in [0.2, 0.25) is 11.8 Å². The first-order chi connectivity index (χ1) is 13.0. The van der Waals surface area contributed by atoms with Crippen LogP contribution in [0.15, 0.2) is 48.5 Å². The molecule has 0 fully saturated rings. The molecule has 2 N–H and O–H groups in total. The highest BCUT2D eigenvalue weighted by Gasteiger charge is 2.14. The molecule has 0 spiro atoms. The number of hydrogen-bond acceptors (Lipinski definition) is 5. The molecule has 0 aliphatic heterocycles. The molecular weight excluding hydrogens is 388 g/mol. The largest absolute Gasteiger partial charge is 0.462 e. The smallest absolute Gasteiger partial charge is 0.340 e. The van der Waals surface area contributed by atoms with Crippen LogP contribution < -0.4 is 10.6 Å². The van der Waals surface area contributed by atoms with E-state index in [1.165, 1.54) is 11.8 Å². The number of nitrogens with one attached hydrogen (secondary N) is 2. The lowest BCUT2D eigenvalue weighted by Crippen LogP contribution is -2.20. The average Bonchev–Trinajstić information content (AvgIpc) is 2.64. The Balaban J connectivity index is 1.80. The van der Waals surface area contributed by atoms with Gasteiger partial charge in [0.05, 0.1) is 29.4 Å². The summed E-state index contributed by atoms with van der Waals surface area (Å²) in [6.45, 7) is 1.96. The van der Waals surface area contributed by atoms with Crippen molar-refractivity contribution < 1.29 is 19.1 Å². The Morgan fingerprint density at radius 1 is 0.963 bits per heavy atom. The Kier molecular flexibility index (Phi) is 8.16. The Morgan fingerprint density at radius 2 is 1.59 bits per heavy atom. The summed E-state index contributed by atoms with van der Waals surface area (Å²) in [5.74, 6) is -0.831. The van der Waals surface area contributed by atoms with Gasteiger partial charge in [-0.3, -0.25) is 9.59 Å². The molecule has 0 aromatic heterocycles. The number of esters is 1. The first-order valence-corrected chi connectivity index (χ1v) is 9.72. The van der Waals surface area contributed by atoms with Crippen molar-refractivity contribution in [2.45, 2.75) is 6.92 Å². The number of anilines is 2. The molecule has 27 heavy (non-hydrogen) atoms. The van der Waals surface area contributed by atoms with Crippen LogP contribution in [0, 0.1) is 0 Å². The molecule has 0 aliphatic rings. The molecule has 8 heteroatoms. The van der Waals surface area contributed by atoms with Crippen molar-refractivity contribution >= 4 is 52.5 Å². The van der Waals surface area contributed by atoms with E-state index in [0.29, 0.717) is 16.4 Å². The third-order valence-corrected chi connectivity index (χ3v) is 4.48. The maximum absolute atomic E-state index is 12.1. The van der Waals surface area contributed by atoms with Crippen LogP contribution in [0.2, 0.25) is 5.02 Å². The van der Waals surface area contributed by atoms with Gasteiger partial charge in [0.15, 0.2) is 0 Å². The van der Waals surface area contributed by atoms with Gasteiger partial charge in [-0.05, 0) is 43.3 Å². The molecule has 2 aromatic carbocycles. The standard InChI is InChI=1S/C19H19ClN2O4S/c1-2-26-19(25)15-5-3-4-6-16(15)22-18(24)12-27-11-17(23)21-14-9-7-13(20)8-10-14/h3-10H,2,11-12H2,1H3,(H,21,23)(H,22,24). The van der Waals surface area contributed by atoms with Gasteiger partial charge < -0.3 is 15.4 Å². The molecule has 0 atom stereocenters. The number of carbonyl (C=O) groups is 3. The molecule has 0 heterocycles. The lowest BCUT2D eigenvalue weighted by atomic mass is 10.2. The van der Waals surface area contributed by atoms with E-state index in [1.807, 2.05) is 0 Å². The van der Waals surface area contributed by atoms with E-state index in [9.17, 15) is 14.4 Å². The molecule has 0 aliphatic carbocycles. The SMILES string of the molecule is CCOC(=O)c1ccccc1NC(=O)CSCC(=O)Nc1ccc(Cl)cc1. The van der Waals surface area contributed by atoms with Crippen molar-refractivity contribution in [2.75, 3.05) is 28.7 Å². The fraction of sp³-hybridized carbons (Fsp3) is 0.211. The van der Waals surface area contributed by atoms with Crippen molar-refractivity contribution in [3.05, 3.63) is 59.1 Å². The molecule has 6 nitrogen and oxygen atoms in total. The van der Waals surface area contributed by atoms with Crippen molar-refractivity contribution in [1.29, 1.82) is 0 Å². The van der Waals surface area contributed by atoms with Crippen molar-refractivity contribution in [2.24, 2.45) is 0 Å². The fourth-order valence-corrected chi connectivity index (χ4v) is 2.88. The summed E-state index contributed by atoms with van der Waals surface area (Å²) >= 11 is 6.96. The molecule has 0 radical (unpaired) electrons. The quantitative estimate of drug-likeness (QED) is 0.651. The number of amides is 2. The van der Waals surface area contributed by atoms with E-state index in [1.54, 1.807) is 55.5 Å². The second-order valence-corrected chi connectivity index (χ2v) is 6.78. The molecule has 0 unspecified atom stereocenters. The zero-order valence-corrected chi connectivity index (χ0v) is 16.2. The predicted octanol–water partition coefficient (Wildman–Crippen LogP) is 3.83. The Hall–Kier alpha value is -2.51. The minimum absolute atomic E-state index is 0.0746. The van der Waals surface area contributed by atoms with Gasteiger partial charge in [0, 0.05) is 10.7 Å². The zero-order valence-electron chi connectivity index (χ0n) is 14.7. The number of rotatable bonds is 8. The summed E-state index contributed by atoms with van der Waals surface area (Å²) in [5, 5.41) is 5.98. The third kappa shape index (κ3) is 6.96. The number of ether oxygens (including phenoxy) is 1. The minimum Gasteiger partial charge on any atom is -0.462 e. The van der Waals surface area contributed by atoms with Crippen LogP contribution in [-0.2, 0) is 14.3 Å². The average molecular weight is 407 g/mol. The summed E-state index contributed by atoms with van der Waals surface area (Å²) in [6, 6.07) is 13.4. The van der Waals surface area contributed by atoms with Gasteiger partial charge in [0.25, 0.3) is 0 Å². The number of para-hydroxylation sites is 1. The Labute approximate surface area is 166 Å². The first-order valence-electron chi connectivity index (χ1n) is 8.18. The number of hydrogen-bond donors (Lipinski definition) is 2. The second-order valence-electron chi connectivity index (χ2n) is 5.36. The van der Waals surface area contributed by atoms with E-state index in [0.717, 1.165) is 0 Å². The molecule has 142 valence electrons. The summed E-state index contributed by atoms with van der Waals surface area (Å²) in [6.07, 6.45) is 0. The molecule has 0 saturated heterocycles. The highest BCUT2D eigenvalue weighted by atomic mass is 35.5. The van der Waals surface area contributed by atoms with Gasteiger partial charge >= 0.3 is 5.97 Å². The van der Waals surface area contributed by atoms with E-state index in [2.05, 4.69) is 10.6 Å². The fourth-order valence-electron chi connectivity index (χ4n) is 2.13. The molecule has 2 rings (SSSR count). The zero-order chi connectivity index (χ0) is 19.6. The van der Waals surface area contributed by atoms with Crippen LogP contribution in [0.4, 0.5) is 11.4 Å². The van der Waals surface area contributed by atoms with E-state index in [4.69, 9.17) is 16.3 Å². The van der Waals surface area contributed by atoms with Crippen molar-refractivity contribution in [1.82, 2.24) is 0 Å². The van der Waals surface area contributed by atoms with E-state index in [-0.39, 0.29) is 35.5 Å². The van der Waals surface area contributed by atoms with Gasteiger partial charge in [0.1, 0.15) is 0 Å². The molecule has 2 amide bonds. The molecule has 2 aromatic rings. The molecule has 0 bridgehead atoms. The maximum atomic E-state index is 12.1. The predicted molar refractivity (Wildman–Crippen MR) is 108 cm³/mol. The van der Waals surface area contributed by atoms with Gasteiger partial charge in [-0.25, -0.2) is 4.79 Å². The normalized spacial score (nSPS) is 10.1. The van der Waals surface area contributed by atoms with Gasteiger partial charge in [-0.1, -0.05) is 23.7 Å². The lowest BCUT2D eigenvalue weighted by molar-refractivity contribution is -0.114. The minimum atomic E-state index is -0.497. The number of carbonyl (C=O) groups excluding carboxylic acids is 3. The Bertz CT molecular complexity index is 812. The number of thioether (sulfide) groups is 1. The van der Waals surface area contributed by atoms with E-state index >= 15 is 0 Å². The van der Waals surface area contributed by atoms with Crippen LogP contribution >= 0.6 is 23.4 Å². The van der Waals surface area contributed by atoms with E-state index < -0.39 is 5.97 Å². The summed E-state index contributed by atoms with van der Waals surface area (Å²) in [5.41, 5.74) is 1.31. The highest BCUT2D eigenvalue weighted by molar-refractivity contribution is 8.00. The van der Waals surface area contributed by atoms with Crippen LogP contribution in [0.3, 0.4) is 0 Å². The van der Waals surface area contributed by atoms with Gasteiger partial charge in [-0.2, -0.15) is 0 Å². The molecular formula is C19H19ClN2O4S. The molecule has 0 saturated carbocycles. The number of benzene rings is 2. The third-order valence-electron chi connectivity index (χ3n) is 3.29. The second kappa shape index (κ2) is 10.6. The highest BCUT2D eigenvalue weighted by Crippen LogP contribution is 2.17. The van der Waals surface area contributed by atoms with Crippen LogP contribution in [0.25, 0.3) is 0 Å². The van der Waals surface area contributed by atoms with Crippen LogP contribution in [0.5, 0.6) is 0 Å². The van der Waals surface area contributed by atoms with Crippen LogP contribution in [-0.4, -0.2) is 35.9 Å². The monoisotopic (exact) mass is 406 g/mol. The van der Waals surface area contributed by atoms with Gasteiger partial charge in [-0.15, -0.1) is 11.8 Å². The topological polar surface area (TPSA) is 84.5 Å². The maximum Gasteiger partial charge on any atom is 0.340 e. The summed E-state index contributed by atoms with van der Waals surface area (Å²) < 4.78 is 4.97. The summed E-state index contributed by atoms with van der Waals surface area (Å²) in [7, 11) is 0. The first kappa shape index (κ1) is 20.8. The number of halogens is 1. The lowest BCUT2D eigenvalue weighted by Gasteiger charge is -2.10. The summed E-state index contributed by atoms with van der Waals surface area (Å²) in [4.78, 5) is 35.9.